The maximum absolute atomic E-state index is 13.5. The van der Waals surface area contributed by atoms with Crippen molar-refractivity contribution in [3.8, 4) is 10.4 Å². The molecular weight excluding hydrogens is 522 g/mol. The van der Waals surface area contributed by atoms with E-state index in [1.807, 2.05) is 36.7 Å². The van der Waals surface area contributed by atoms with Crippen molar-refractivity contribution in [1.82, 2.24) is 25.4 Å². The highest BCUT2D eigenvalue weighted by molar-refractivity contribution is 7.13. The number of rotatable bonds is 10. The van der Waals surface area contributed by atoms with Gasteiger partial charge in [0.1, 0.15) is 12.6 Å². The zero-order valence-electron chi connectivity index (χ0n) is 22.9. The molecule has 11 nitrogen and oxygen atoms in total. The molecule has 1 aromatic heterocycles. The molecule has 1 aromatic carbocycles. The molecule has 212 valence electrons. The summed E-state index contributed by atoms with van der Waals surface area (Å²) >= 11 is 1.59. The van der Waals surface area contributed by atoms with Crippen LogP contribution in [-0.4, -0.2) is 93.7 Å². The van der Waals surface area contributed by atoms with Crippen LogP contribution in [0.25, 0.3) is 10.4 Å². The number of likely N-dealkylation sites (tertiary alicyclic amines) is 1. The van der Waals surface area contributed by atoms with Crippen molar-refractivity contribution in [2.75, 3.05) is 26.7 Å². The van der Waals surface area contributed by atoms with E-state index in [1.165, 1.54) is 11.9 Å². The Hall–Kier alpha value is -3.51. The number of aliphatic hydroxyl groups is 1. The standard InChI is InChI=1S/C27H37N5O6S/c1-16-23(39-15-29-16)19-8-6-18(7-9-19)10-11-28-24(35)21-12-20(33)13-32(21)25(36)27(3,4)17(2)30-22(34)14-31(5)26(37)38/h6-9,15,17,20-21,33H,10-14H2,1-5H3,(H,28,35)(H,30,34)(H,37,38)/t17-,20+,21-/m0/s1. The van der Waals surface area contributed by atoms with Crippen LogP contribution in [0.15, 0.2) is 29.8 Å². The fourth-order valence-corrected chi connectivity index (χ4v) is 5.25. The van der Waals surface area contributed by atoms with Gasteiger partial charge in [-0.15, -0.1) is 11.3 Å². The zero-order valence-corrected chi connectivity index (χ0v) is 23.7. The van der Waals surface area contributed by atoms with E-state index >= 15 is 0 Å². The number of nitrogens with zero attached hydrogens (tertiary/aromatic N) is 3. The number of hydrogen-bond donors (Lipinski definition) is 4. The second kappa shape index (κ2) is 12.6. The van der Waals surface area contributed by atoms with Crippen molar-refractivity contribution in [2.45, 2.75) is 58.7 Å². The van der Waals surface area contributed by atoms with E-state index in [0.29, 0.717) is 13.0 Å². The summed E-state index contributed by atoms with van der Waals surface area (Å²) < 4.78 is 0. The van der Waals surface area contributed by atoms with E-state index in [0.717, 1.165) is 26.6 Å². The first-order valence-corrected chi connectivity index (χ1v) is 13.7. The van der Waals surface area contributed by atoms with E-state index in [2.05, 4.69) is 15.6 Å². The molecule has 1 saturated heterocycles. The maximum atomic E-state index is 13.5. The first-order chi connectivity index (χ1) is 18.3. The fraction of sp³-hybridized carbons (Fsp3) is 0.519. The largest absolute Gasteiger partial charge is 0.465 e. The van der Waals surface area contributed by atoms with E-state index < -0.39 is 35.6 Å². The van der Waals surface area contributed by atoms with E-state index in [1.54, 1.807) is 32.1 Å². The van der Waals surface area contributed by atoms with Crippen LogP contribution in [0.1, 0.15) is 38.4 Å². The minimum Gasteiger partial charge on any atom is -0.465 e. The molecule has 0 saturated carbocycles. The van der Waals surface area contributed by atoms with Gasteiger partial charge in [-0.25, -0.2) is 9.78 Å². The molecule has 1 aliphatic heterocycles. The van der Waals surface area contributed by atoms with Gasteiger partial charge in [-0.05, 0) is 45.2 Å². The van der Waals surface area contributed by atoms with Crippen LogP contribution in [-0.2, 0) is 20.8 Å². The lowest BCUT2D eigenvalue weighted by molar-refractivity contribution is -0.147. The minimum atomic E-state index is -1.24. The molecule has 0 radical (unpaired) electrons. The molecule has 0 aliphatic carbocycles. The average Bonchev–Trinajstić information content (AvgIpc) is 3.48. The van der Waals surface area contributed by atoms with Gasteiger partial charge in [0.05, 0.1) is 27.6 Å². The number of aryl methyl sites for hydroxylation is 1. The summed E-state index contributed by atoms with van der Waals surface area (Å²) in [5, 5.41) is 24.8. The van der Waals surface area contributed by atoms with Crippen LogP contribution in [0.4, 0.5) is 4.79 Å². The second-order valence-electron chi connectivity index (χ2n) is 10.5. The third kappa shape index (κ3) is 7.33. The van der Waals surface area contributed by atoms with Gasteiger partial charge in [0, 0.05) is 32.6 Å². The fourth-order valence-electron chi connectivity index (χ4n) is 4.44. The van der Waals surface area contributed by atoms with Crippen LogP contribution in [0.2, 0.25) is 0 Å². The number of aromatic nitrogens is 1. The van der Waals surface area contributed by atoms with Gasteiger partial charge in [0.25, 0.3) is 0 Å². The Labute approximate surface area is 232 Å². The highest BCUT2D eigenvalue weighted by atomic mass is 32.1. The number of likely N-dealkylation sites (N-methyl/N-ethyl adjacent to an activating group) is 1. The molecule has 2 aromatic rings. The van der Waals surface area contributed by atoms with Crippen molar-refractivity contribution >= 4 is 35.2 Å². The van der Waals surface area contributed by atoms with Gasteiger partial charge in [-0.1, -0.05) is 24.3 Å². The van der Waals surface area contributed by atoms with Crippen LogP contribution in [0.3, 0.4) is 0 Å². The minimum absolute atomic E-state index is 0.0151. The molecule has 0 unspecified atom stereocenters. The van der Waals surface area contributed by atoms with Crippen molar-refractivity contribution < 1.29 is 29.4 Å². The van der Waals surface area contributed by atoms with Gasteiger partial charge in [0.15, 0.2) is 0 Å². The molecule has 0 spiro atoms. The Morgan fingerprint density at radius 1 is 1.23 bits per heavy atom. The van der Waals surface area contributed by atoms with Gasteiger partial charge < -0.3 is 30.6 Å². The Morgan fingerprint density at radius 2 is 1.90 bits per heavy atom. The van der Waals surface area contributed by atoms with Gasteiger partial charge >= 0.3 is 6.09 Å². The molecular formula is C27H37N5O6S. The van der Waals surface area contributed by atoms with Crippen molar-refractivity contribution in [1.29, 1.82) is 0 Å². The maximum Gasteiger partial charge on any atom is 0.407 e. The zero-order chi connectivity index (χ0) is 28.9. The normalized spacial score (nSPS) is 17.9. The number of benzene rings is 1. The number of aliphatic hydroxyl groups excluding tert-OH is 1. The van der Waals surface area contributed by atoms with Crippen molar-refractivity contribution in [3.63, 3.8) is 0 Å². The quantitative estimate of drug-likeness (QED) is 0.347. The van der Waals surface area contributed by atoms with Gasteiger partial charge in [-0.2, -0.15) is 0 Å². The van der Waals surface area contributed by atoms with Gasteiger partial charge in [0.2, 0.25) is 17.7 Å². The van der Waals surface area contributed by atoms with Crippen LogP contribution in [0.5, 0.6) is 0 Å². The van der Waals surface area contributed by atoms with Gasteiger partial charge in [-0.3, -0.25) is 14.4 Å². The molecule has 12 heteroatoms. The Balaban J connectivity index is 1.57. The van der Waals surface area contributed by atoms with Crippen molar-refractivity contribution in [2.24, 2.45) is 5.41 Å². The van der Waals surface area contributed by atoms with E-state index in [-0.39, 0.29) is 31.3 Å². The smallest absolute Gasteiger partial charge is 0.407 e. The lowest BCUT2D eigenvalue weighted by atomic mass is 9.83. The van der Waals surface area contributed by atoms with E-state index in [4.69, 9.17) is 5.11 Å². The summed E-state index contributed by atoms with van der Waals surface area (Å²) in [6.07, 6.45) is -1.34. The monoisotopic (exact) mass is 559 g/mol. The molecule has 4 amide bonds. The Bertz CT molecular complexity index is 1200. The molecule has 39 heavy (non-hydrogen) atoms. The summed E-state index contributed by atoms with van der Waals surface area (Å²) in [4.78, 5) is 57.4. The molecule has 3 atom stereocenters. The molecule has 1 aliphatic rings. The molecule has 4 N–H and O–H groups in total. The number of carbonyl (C=O) groups is 4. The highest BCUT2D eigenvalue weighted by Gasteiger charge is 2.46. The summed E-state index contributed by atoms with van der Waals surface area (Å²) in [5.74, 6) is -1.26. The lowest BCUT2D eigenvalue weighted by Gasteiger charge is -2.36. The molecule has 3 rings (SSSR count). The first kappa shape index (κ1) is 30.0. The number of carboxylic acid groups (broad SMARTS) is 1. The third-order valence-corrected chi connectivity index (χ3v) is 8.21. The summed E-state index contributed by atoms with van der Waals surface area (Å²) in [6, 6.07) is 6.62. The first-order valence-electron chi connectivity index (χ1n) is 12.8. The summed E-state index contributed by atoms with van der Waals surface area (Å²) in [5.41, 5.74) is 3.85. The van der Waals surface area contributed by atoms with Crippen LogP contribution < -0.4 is 10.6 Å². The molecule has 1 fully saturated rings. The van der Waals surface area contributed by atoms with Crippen LogP contribution in [0, 0.1) is 12.3 Å². The number of carbonyl (C=O) groups excluding carboxylic acids is 3. The Kier molecular flexibility index (Phi) is 9.68. The topological polar surface area (TPSA) is 152 Å². The number of β-amino-alcohol motifs (C(OH)–C–C–N with tert-alkyl or cyclic N) is 1. The van der Waals surface area contributed by atoms with Crippen molar-refractivity contribution in [3.05, 3.63) is 41.0 Å². The SMILES string of the molecule is Cc1ncsc1-c1ccc(CCNC(=O)[C@@H]2C[C@@H](O)CN2C(=O)C(C)(C)[C@H](C)NC(=O)CN(C)C(=O)O)cc1. The number of thiazole rings is 1. The predicted molar refractivity (Wildman–Crippen MR) is 147 cm³/mol. The van der Waals surface area contributed by atoms with Crippen LogP contribution >= 0.6 is 11.3 Å². The average molecular weight is 560 g/mol. The lowest BCUT2D eigenvalue weighted by Crippen LogP contribution is -2.56. The second-order valence-corrected chi connectivity index (χ2v) is 11.4. The van der Waals surface area contributed by atoms with E-state index in [9.17, 15) is 24.3 Å². The Morgan fingerprint density at radius 3 is 2.49 bits per heavy atom. The molecule has 0 bridgehead atoms. The number of nitrogens with one attached hydrogen (secondary N) is 2. The summed E-state index contributed by atoms with van der Waals surface area (Å²) in [6.45, 7) is 6.95. The molecule has 2 heterocycles. The predicted octanol–water partition coefficient (Wildman–Crippen LogP) is 1.88. The summed E-state index contributed by atoms with van der Waals surface area (Å²) in [7, 11) is 1.27. The number of amides is 4. The highest BCUT2D eigenvalue weighted by Crippen LogP contribution is 2.30. The number of hydrogen-bond acceptors (Lipinski definition) is 7. The third-order valence-electron chi connectivity index (χ3n) is 7.24.